The minimum Gasteiger partial charge on any atom is -0.361 e. The first-order valence-electron chi connectivity index (χ1n) is 5.50. The van der Waals surface area contributed by atoms with Crippen LogP contribution in [0.25, 0.3) is 0 Å². The lowest BCUT2D eigenvalue weighted by Crippen LogP contribution is -2.37. The number of hydrogen-bond donors (Lipinski definition) is 1. The molecule has 82 valence electrons. The first kappa shape index (κ1) is 10.7. The number of nitrogens with one attached hydrogen (secondary N) is 1. The number of rotatable bonds is 1. The van der Waals surface area contributed by atoms with E-state index in [-0.39, 0.29) is 11.6 Å². The molecular weight excluding hydrogens is 186 g/mol. The van der Waals surface area contributed by atoms with E-state index < -0.39 is 0 Å². The van der Waals surface area contributed by atoms with Gasteiger partial charge in [0.15, 0.2) is 0 Å². The molecule has 1 aliphatic rings. The molecule has 1 aliphatic heterocycles. The Morgan fingerprint density at radius 1 is 1.20 bits per heavy atom. The first-order valence-corrected chi connectivity index (χ1v) is 5.50. The Morgan fingerprint density at radius 2 is 1.87 bits per heavy atom. The summed E-state index contributed by atoms with van der Waals surface area (Å²) in [6, 6.07) is 10.8. The topological polar surface area (TPSA) is 21.3 Å². The van der Waals surface area contributed by atoms with Crippen LogP contribution in [0, 0.1) is 5.41 Å². The lowest BCUT2D eigenvalue weighted by Gasteiger charge is -2.26. The fraction of sp³-hybridized carbons (Fsp3) is 0.538. The van der Waals surface area contributed by atoms with Gasteiger partial charge in [-0.15, -0.1) is 0 Å². The van der Waals surface area contributed by atoms with Gasteiger partial charge in [0.25, 0.3) is 0 Å². The number of ether oxygens (including phenoxy) is 1. The van der Waals surface area contributed by atoms with E-state index in [1.165, 1.54) is 5.56 Å². The summed E-state index contributed by atoms with van der Waals surface area (Å²) in [7, 11) is 0. The van der Waals surface area contributed by atoms with Crippen molar-refractivity contribution >= 4 is 0 Å². The molecule has 1 aromatic rings. The molecule has 1 aromatic carbocycles. The van der Waals surface area contributed by atoms with Crippen LogP contribution in [-0.2, 0) is 4.74 Å². The third-order valence-corrected chi connectivity index (χ3v) is 2.77. The smallest absolute Gasteiger partial charge is 0.113 e. The molecule has 1 fully saturated rings. The second kappa shape index (κ2) is 3.95. The van der Waals surface area contributed by atoms with Gasteiger partial charge in [0, 0.05) is 5.41 Å². The lowest BCUT2D eigenvalue weighted by molar-refractivity contribution is 0.0173. The van der Waals surface area contributed by atoms with Gasteiger partial charge in [-0.3, -0.25) is 5.32 Å². The zero-order valence-corrected chi connectivity index (χ0v) is 9.66. The van der Waals surface area contributed by atoms with E-state index in [4.69, 9.17) is 4.74 Å². The molecule has 2 atom stereocenters. The molecule has 1 heterocycles. The maximum Gasteiger partial charge on any atom is 0.113 e. The lowest BCUT2D eigenvalue weighted by atomic mass is 9.94. The van der Waals surface area contributed by atoms with Gasteiger partial charge in [0.05, 0.1) is 12.6 Å². The second-order valence-corrected chi connectivity index (χ2v) is 5.21. The Hall–Kier alpha value is -0.860. The van der Waals surface area contributed by atoms with Crippen molar-refractivity contribution in [2.45, 2.75) is 33.0 Å². The molecule has 0 bridgehead atoms. The van der Waals surface area contributed by atoms with Crippen LogP contribution in [0.4, 0.5) is 0 Å². The Kier molecular flexibility index (Phi) is 2.81. The zero-order valence-electron chi connectivity index (χ0n) is 9.66. The van der Waals surface area contributed by atoms with E-state index >= 15 is 0 Å². The van der Waals surface area contributed by atoms with Gasteiger partial charge < -0.3 is 4.74 Å². The molecular formula is C13H19NO. The fourth-order valence-corrected chi connectivity index (χ4v) is 1.85. The molecule has 2 nitrogen and oxygen atoms in total. The summed E-state index contributed by atoms with van der Waals surface area (Å²) < 4.78 is 5.77. The molecule has 0 aromatic heterocycles. The average Bonchev–Trinajstić information content (AvgIpc) is 2.67. The molecule has 0 aliphatic carbocycles. The summed E-state index contributed by atoms with van der Waals surface area (Å²) in [5.74, 6) is 0. The van der Waals surface area contributed by atoms with Crippen LogP contribution in [0.1, 0.15) is 32.4 Å². The minimum absolute atomic E-state index is 0.155. The van der Waals surface area contributed by atoms with E-state index in [1.807, 2.05) is 6.07 Å². The van der Waals surface area contributed by atoms with Crippen molar-refractivity contribution in [3.05, 3.63) is 35.9 Å². The quantitative estimate of drug-likeness (QED) is 0.761. The van der Waals surface area contributed by atoms with Gasteiger partial charge in [-0.25, -0.2) is 0 Å². The van der Waals surface area contributed by atoms with Crippen LogP contribution in [0.5, 0.6) is 0 Å². The minimum atomic E-state index is 0.155. The SMILES string of the molecule is CC(C)(C)C1NC(c2ccccc2)CO1. The summed E-state index contributed by atoms with van der Waals surface area (Å²) >= 11 is 0. The van der Waals surface area contributed by atoms with Gasteiger partial charge in [-0.2, -0.15) is 0 Å². The summed E-state index contributed by atoms with van der Waals surface area (Å²) in [6.07, 6.45) is 0.155. The standard InChI is InChI=1S/C13H19NO/c1-13(2,3)12-14-11(9-15-12)10-7-5-4-6-8-10/h4-8,11-12,14H,9H2,1-3H3. The fourth-order valence-electron chi connectivity index (χ4n) is 1.85. The third kappa shape index (κ3) is 2.39. The van der Waals surface area contributed by atoms with Crippen molar-refractivity contribution in [2.75, 3.05) is 6.61 Å². The van der Waals surface area contributed by atoms with E-state index in [9.17, 15) is 0 Å². The Morgan fingerprint density at radius 3 is 2.40 bits per heavy atom. The summed E-state index contributed by atoms with van der Waals surface area (Å²) in [6.45, 7) is 7.35. The van der Waals surface area contributed by atoms with Gasteiger partial charge in [0.1, 0.15) is 6.23 Å². The van der Waals surface area contributed by atoms with Crippen molar-refractivity contribution in [3.8, 4) is 0 Å². The molecule has 0 spiro atoms. The number of hydrogen-bond acceptors (Lipinski definition) is 2. The molecule has 2 heteroatoms. The van der Waals surface area contributed by atoms with Crippen LogP contribution in [0.15, 0.2) is 30.3 Å². The van der Waals surface area contributed by atoms with Crippen molar-refractivity contribution in [3.63, 3.8) is 0 Å². The molecule has 2 unspecified atom stereocenters. The maximum atomic E-state index is 5.77. The molecule has 0 amide bonds. The van der Waals surface area contributed by atoms with E-state index in [2.05, 4.69) is 50.4 Å². The molecule has 1 N–H and O–H groups in total. The highest BCUT2D eigenvalue weighted by atomic mass is 16.5. The number of benzene rings is 1. The Labute approximate surface area is 91.6 Å². The van der Waals surface area contributed by atoms with Crippen LogP contribution >= 0.6 is 0 Å². The zero-order chi connectivity index (χ0) is 10.9. The van der Waals surface area contributed by atoms with Crippen LogP contribution in [-0.4, -0.2) is 12.8 Å². The normalized spacial score (nSPS) is 26.9. The van der Waals surface area contributed by atoms with E-state index in [1.54, 1.807) is 0 Å². The van der Waals surface area contributed by atoms with Crippen LogP contribution < -0.4 is 5.32 Å². The van der Waals surface area contributed by atoms with Crippen LogP contribution in [0.3, 0.4) is 0 Å². The van der Waals surface area contributed by atoms with E-state index in [0.717, 1.165) is 6.61 Å². The average molecular weight is 205 g/mol. The highest BCUT2D eigenvalue weighted by Gasteiger charge is 2.33. The highest BCUT2D eigenvalue weighted by Crippen LogP contribution is 2.29. The Bertz CT molecular complexity index is 315. The van der Waals surface area contributed by atoms with Gasteiger partial charge in [0.2, 0.25) is 0 Å². The molecule has 15 heavy (non-hydrogen) atoms. The predicted octanol–water partition coefficient (Wildman–Crippen LogP) is 2.72. The molecule has 0 radical (unpaired) electrons. The summed E-state index contributed by atoms with van der Waals surface area (Å²) in [5.41, 5.74) is 1.47. The van der Waals surface area contributed by atoms with Crippen LogP contribution in [0.2, 0.25) is 0 Å². The largest absolute Gasteiger partial charge is 0.361 e. The Balaban J connectivity index is 2.05. The summed E-state index contributed by atoms with van der Waals surface area (Å²) in [5, 5.41) is 3.52. The van der Waals surface area contributed by atoms with Crippen molar-refractivity contribution in [1.82, 2.24) is 5.32 Å². The van der Waals surface area contributed by atoms with Crippen molar-refractivity contribution in [1.29, 1.82) is 0 Å². The predicted molar refractivity (Wildman–Crippen MR) is 61.5 cm³/mol. The monoisotopic (exact) mass is 205 g/mol. The molecule has 1 saturated heterocycles. The van der Waals surface area contributed by atoms with E-state index in [0.29, 0.717) is 6.04 Å². The van der Waals surface area contributed by atoms with Gasteiger partial charge >= 0.3 is 0 Å². The second-order valence-electron chi connectivity index (χ2n) is 5.21. The van der Waals surface area contributed by atoms with Crippen molar-refractivity contribution in [2.24, 2.45) is 5.41 Å². The van der Waals surface area contributed by atoms with Gasteiger partial charge in [-0.05, 0) is 5.56 Å². The molecule has 2 rings (SSSR count). The van der Waals surface area contributed by atoms with Gasteiger partial charge in [-0.1, -0.05) is 51.1 Å². The van der Waals surface area contributed by atoms with Crippen molar-refractivity contribution < 1.29 is 4.74 Å². The first-order chi connectivity index (χ1) is 7.07. The molecule has 0 saturated carbocycles. The highest BCUT2D eigenvalue weighted by molar-refractivity contribution is 5.19. The summed E-state index contributed by atoms with van der Waals surface area (Å²) in [4.78, 5) is 0. The third-order valence-electron chi connectivity index (χ3n) is 2.77. The maximum absolute atomic E-state index is 5.77.